The molecule has 4 nitrogen and oxygen atoms in total. The van der Waals surface area contributed by atoms with E-state index in [-0.39, 0.29) is 11.4 Å². The number of thiazole rings is 1. The lowest BCUT2D eigenvalue weighted by atomic mass is 10.2. The highest BCUT2D eigenvalue weighted by atomic mass is 32.1. The van der Waals surface area contributed by atoms with Crippen LogP contribution in [0.3, 0.4) is 0 Å². The highest BCUT2D eigenvalue weighted by Crippen LogP contribution is 2.24. The van der Waals surface area contributed by atoms with Crippen LogP contribution in [-0.4, -0.2) is 20.8 Å². The molecular weight excluding hydrogens is 373 g/mol. The molecule has 142 valence electrons. The third kappa shape index (κ3) is 3.88. The van der Waals surface area contributed by atoms with Crippen molar-refractivity contribution in [2.75, 3.05) is 6.54 Å². The van der Waals surface area contributed by atoms with Gasteiger partial charge in [0.2, 0.25) is 0 Å². The summed E-state index contributed by atoms with van der Waals surface area (Å²) >= 11 is 1.42. The fourth-order valence-corrected chi connectivity index (χ4v) is 4.14. The van der Waals surface area contributed by atoms with Crippen molar-refractivity contribution in [3.63, 3.8) is 0 Å². The molecule has 2 aromatic heterocycles. The van der Waals surface area contributed by atoms with Crippen LogP contribution in [0, 0.1) is 5.82 Å². The fraction of sp³-hybridized carbons (Fsp3) is 0.182. The maximum absolute atomic E-state index is 13.2. The van der Waals surface area contributed by atoms with E-state index in [2.05, 4.69) is 24.0 Å². The molecule has 0 N–H and O–H groups in total. The fourth-order valence-electron chi connectivity index (χ4n) is 3.22. The maximum atomic E-state index is 13.2. The molecule has 0 amide bonds. The smallest absolute Gasteiger partial charge is 0.259 e. The molecule has 4 aromatic rings. The quantitative estimate of drug-likeness (QED) is 0.481. The molecule has 0 aliphatic carbocycles. The zero-order valence-electron chi connectivity index (χ0n) is 15.5. The Balaban J connectivity index is 1.63. The van der Waals surface area contributed by atoms with Crippen molar-refractivity contribution in [3.8, 4) is 11.3 Å². The second-order valence-corrected chi connectivity index (χ2v) is 7.46. The Kier molecular flexibility index (Phi) is 5.32. The van der Waals surface area contributed by atoms with Gasteiger partial charge in [0.05, 0.1) is 11.4 Å². The van der Waals surface area contributed by atoms with Crippen molar-refractivity contribution in [2.24, 2.45) is 0 Å². The van der Waals surface area contributed by atoms with Crippen LogP contribution in [0.5, 0.6) is 0 Å². The van der Waals surface area contributed by atoms with Gasteiger partial charge in [-0.2, -0.15) is 0 Å². The van der Waals surface area contributed by atoms with Crippen LogP contribution in [0.15, 0.2) is 70.8 Å². The number of hydrogen-bond donors (Lipinski definition) is 0. The van der Waals surface area contributed by atoms with E-state index >= 15 is 0 Å². The van der Waals surface area contributed by atoms with E-state index in [9.17, 15) is 9.18 Å². The van der Waals surface area contributed by atoms with Gasteiger partial charge in [0.1, 0.15) is 5.82 Å². The molecule has 2 aromatic carbocycles. The third-order valence-electron chi connectivity index (χ3n) is 4.68. The molecular formula is C22H20FN3OS. The maximum Gasteiger partial charge on any atom is 0.259 e. The van der Waals surface area contributed by atoms with Crippen molar-refractivity contribution in [1.29, 1.82) is 0 Å². The van der Waals surface area contributed by atoms with E-state index in [1.165, 1.54) is 29.0 Å². The number of fused-ring (bicyclic) bond motifs is 1. The Hall–Kier alpha value is -2.83. The molecule has 0 saturated carbocycles. The number of halogens is 1. The van der Waals surface area contributed by atoms with Crippen LogP contribution in [0.2, 0.25) is 0 Å². The standard InChI is InChI=1S/C22H20FN3OS/c1-2-25(13-16-6-4-3-5-7-16)14-19-12-21(27)26-20(15-28-22(26)24-19)17-8-10-18(23)11-9-17/h3-12,15H,2,13-14H2,1H3. The van der Waals surface area contributed by atoms with Crippen molar-refractivity contribution >= 4 is 16.3 Å². The Morgan fingerprint density at radius 2 is 1.82 bits per heavy atom. The van der Waals surface area contributed by atoms with Crippen molar-refractivity contribution in [2.45, 2.75) is 20.0 Å². The van der Waals surface area contributed by atoms with Gasteiger partial charge in [-0.15, -0.1) is 11.3 Å². The van der Waals surface area contributed by atoms with E-state index < -0.39 is 0 Å². The van der Waals surface area contributed by atoms with Crippen LogP contribution in [0.4, 0.5) is 4.39 Å². The molecule has 0 bridgehead atoms. The number of nitrogens with zero attached hydrogens (tertiary/aromatic N) is 3. The number of rotatable bonds is 6. The summed E-state index contributed by atoms with van der Waals surface area (Å²) < 4.78 is 14.8. The van der Waals surface area contributed by atoms with Crippen LogP contribution in [-0.2, 0) is 13.1 Å². The Morgan fingerprint density at radius 1 is 1.07 bits per heavy atom. The molecule has 0 radical (unpaired) electrons. The summed E-state index contributed by atoms with van der Waals surface area (Å²) in [6, 6.07) is 18.0. The molecule has 0 atom stereocenters. The minimum Gasteiger partial charge on any atom is -0.294 e. The van der Waals surface area contributed by atoms with Gasteiger partial charge >= 0.3 is 0 Å². The average Bonchev–Trinajstić information content (AvgIpc) is 3.13. The Bertz CT molecular complexity index is 1140. The second kappa shape index (κ2) is 8.04. The van der Waals surface area contributed by atoms with E-state index in [0.29, 0.717) is 11.5 Å². The molecule has 28 heavy (non-hydrogen) atoms. The average molecular weight is 393 g/mol. The van der Waals surface area contributed by atoms with Gasteiger partial charge in [-0.25, -0.2) is 9.37 Å². The molecule has 0 spiro atoms. The molecule has 6 heteroatoms. The highest BCUT2D eigenvalue weighted by molar-refractivity contribution is 7.15. The molecule has 0 saturated heterocycles. The highest BCUT2D eigenvalue weighted by Gasteiger charge is 2.13. The molecule has 0 aliphatic rings. The number of benzene rings is 2. The predicted molar refractivity (Wildman–Crippen MR) is 111 cm³/mol. The summed E-state index contributed by atoms with van der Waals surface area (Å²) in [6.07, 6.45) is 0. The first kappa shape index (κ1) is 18.5. The van der Waals surface area contributed by atoms with Gasteiger partial charge in [0.15, 0.2) is 4.96 Å². The topological polar surface area (TPSA) is 37.6 Å². The SMILES string of the molecule is CCN(Cc1ccccc1)Cc1cc(=O)n2c(-c3ccc(F)cc3)csc2n1. The number of aromatic nitrogens is 2. The van der Waals surface area contributed by atoms with Crippen LogP contribution < -0.4 is 5.56 Å². The van der Waals surface area contributed by atoms with E-state index in [4.69, 9.17) is 4.98 Å². The lowest BCUT2D eigenvalue weighted by molar-refractivity contribution is 0.268. The van der Waals surface area contributed by atoms with E-state index in [0.717, 1.165) is 30.0 Å². The minimum absolute atomic E-state index is 0.115. The van der Waals surface area contributed by atoms with E-state index in [1.807, 2.05) is 23.6 Å². The predicted octanol–water partition coefficient (Wildman–Crippen LogP) is 4.58. The van der Waals surface area contributed by atoms with Gasteiger partial charge in [0.25, 0.3) is 5.56 Å². The summed E-state index contributed by atoms with van der Waals surface area (Å²) in [6.45, 7) is 4.39. The van der Waals surface area contributed by atoms with Crippen LogP contribution >= 0.6 is 11.3 Å². The Morgan fingerprint density at radius 3 is 2.54 bits per heavy atom. The minimum atomic E-state index is -0.297. The van der Waals surface area contributed by atoms with Gasteiger partial charge in [-0.05, 0) is 41.9 Å². The van der Waals surface area contributed by atoms with Gasteiger partial charge in [-0.1, -0.05) is 37.3 Å². The van der Waals surface area contributed by atoms with Gasteiger partial charge in [0, 0.05) is 24.5 Å². The van der Waals surface area contributed by atoms with Crippen LogP contribution in [0.25, 0.3) is 16.2 Å². The summed E-state index contributed by atoms with van der Waals surface area (Å²) in [5.41, 5.74) is 3.41. The molecule has 4 rings (SSSR count). The van der Waals surface area contributed by atoms with E-state index in [1.54, 1.807) is 22.6 Å². The number of hydrogen-bond acceptors (Lipinski definition) is 4. The molecule has 0 fully saturated rings. The zero-order chi connectivity index (χ0) is 19.5. The normalized spacial score (nSPS) is 11.4. The van der Waals surface area contributed by atoms with Gasteiger partial charge < -0.3 is 0 Å². The van der Waals surface area contributed by atoms with Crippen molar-refractivity contribution in [1.82, 2.24) is 14.3 Å². The van der Waals surface area contributed by atoms with Crippen LogP contribution in [0.1, 0.15) is 18.2 Å². The second-order valence-electron chi connectivity index (χ2n) is 6.62. The third-order valence-corrected chi connectivity index (χ3v) is 5.51. The zero-order valence-corrected chi connectivity index (χ0v) is 16.3. The Labute approximate surface area is 166 Å². The first-order valence-corrected chi connectivity index (χ1v) is 10.0. The summed E-state index contributed by atoms with van der Waals surface area (Å²) in [4.78, 5) is 20.4. The summed E-state index contributed by atoms with van der Waals surface area (Å²) in [7, 11) is 0. The first-order valence-electron chi connectivity index (χ1n) is 9.16. The summed E-state index contributed by atoms with van der Waals surface area (Å²) in [5.74, 6) is -0.297. The monoisotopic (exact) mass is 393 g/mol. The molecule has 2 heterocycles. The van der Waals surface area contributed by atoms with Gasteiger partial charge in [-0.3, -0.25) is 14.1 Å². The lowest BCUT2D eigenvalue weighted by Gasteiger charge is -2.20. The molecule has 0 aliphatic heterocycles. The lowest BCUT2D eigenvalue weighted by Crippen LogP contribution is -2.24. The van der Waals surface area contributed by atoms with Crippen molar-refractivity contribution in [3.05, 3.63) is 93.5 Å². The van der Waals surface area contributed by atoms with Crippen molar-refractivity contribution < 1.29 is 4.39 Å². The summed E-state index contributed by atoms with van der Waals surface area (Å²) in [5, 5.41) is 1.89. The first-order chi connectivity index (χ1) is 13.6. The largest absolute Gasteiger partial charge is 0.294 e. The molecule has 0 unspecified atom stereocenters.